The molecule has 0 amide bonds. The van der Waals surface area contributed by atoms with Crippen molar-refractivity contribution in [2.45, 2.75) is 45.1 Å². The zero-order valence-corrected chi connectivity index (χ0v) is 19.5. The Balaban J connectivity index is 1.82. The van der Waals surface area contributed by atoms with Crippen LogP contribution in [-0.2, 0) is 5.41 Å². The molecular formula is C24H35N7O. The van der Waals surface area contributed by atoms with Gasteiger partial charge in [0.15, 0.2) is 5.82 Å². The number of anilines is 1. The SMILES string of the molecule is C=C(N)N=C/C(=C\N)c1ccc(C(C)(c2noc(NC3CCN(C)CC3)n2)C(C)C)cc1. The molecule has 1 aliphatic rings. The molecule has 0 aliphatic carbocycles. The van der Waals surface area contributed by atoms with E-state index in [2.05, 4.69) is 66.9 Å². The van der Waals surface area contributed by atoms with Crippen LogP contribution in [0, 0.1) is 5.92 Å². The minimum Gasteiger partial charge on any atom is -0.404 e. The van der Waals surface area contributed by atoms with Crippen LogP contribution in [0.1, 0.15) is 50.6 Å². The maximum Gasteiger partial charge on any atom is 0.321 e. The van der Waals surface area contributed by atoms with E-state index in [1.54, 1.807) is 6.21 Å². The molecule has 0 bridgehead atoms. The third-order valence-electron chi connectivity index (χ3n) is 6.46. The number of hydrogen-bond donors (Lipinski definition) is 3. The van der Waals surface area contributed by atoms with Gasteiger partial charge in [0.2, 0.25) is 0 Å². The fraction of sp³-hybridized carbons (Fsp3) is 0.458. The lowest BCUT2D eigenvalue weighted by atomic mass is 9.72. The average Bonchev–Trinajstić information content (AvgIpc) is 3.24. The van der Waals surface area contributed by atoms with E-state index in [1.165, 1.54) is 6.20 Å². The molecule has 1 atom stereocenters. The Labute approximate surface area is 190 Å². The van der Waals surface area contributed by atoms with Gasteiger partial charge in [-0.1, -0.05) is 49.8 Å². The maximum atomic E-state index is 5.78. The van der Waals surface area contributed by atoms with Gasteiger partial charge in [-0.3, -0.25) is 0 Å². The summed E-state index contributed by atoms with van der Waals surface area (Å²) in [5.41, 5.74) is 13.7. The van der Waals surface area contributed by atoms with Crippen LogP contribution in [0.15, 0.2) is 52.4 Å². The summed E-state index contributed by atoms with van der Waals surface area (Å²) >= 11 is 0. The van der Waals surface area contributed by atoms with Crippen molar-refractivity contribution >= 4 is 17.8 Å². The Hall–Kier alpha value is -3.13. The van der Waals surface area contributed by atoms with Crippen molar-refractivity contribution in [3.05, 3.63) is 59.8 Å². The van der Waals surface area contributed by atoms with Crippen molar-refractivity contribution in [3.8, 4) is 0 Å². The molecular weight excluding hydrogens is 402 g/mol. The molecule has 1 aromatic heterocycles. The van der Waals surface area contributed by atoms with E-state index < -0.39 is 5.41 Å². The van der Waals surface area contributed by atoms with E-state index >= 15 is 0 Å². The monoisotopic (exact) mass is 437 g/mol. The molecule has 8 heteroatoms. The summed E-state index contributed by atoms with van der Waals surface area (Å²) in [6, 6.07) is 9.02. The number of aliphatic imine (C=N–C) groups is 1. The quantitative estimate of drug-likeness (QED) is 0.542. The zero-order valence-electron chi connectivity index (χ0n) is 19.5. The average molecular weight is 438 g/mol. The fourth-order valence-electron chi connectivity index (χ4n) is 3.92. The molecule has 2 heterocycles. The van der Waals surface area contributed by atoms with Gasteiger partial charge in [-0.15, -0.1) is 0 Å². The van der Waals surface area contributed by atoms with Gasteiger partial charge in [-0.25, -0.2) is 4.99 Å². The highest BCUT2D eigenvalue weighted by Crippen LogP contribution is 2.38. The second-order valence-corrected chi connectivity index (χ2v) is 8.95. The Kier molecular flexibility index (Phi) is 7.35. The topological polar surface area (TPSA) is 119 Å². The summed E-state index contributed by atoms with van der Waals surface area (Å²) in [5, 5.41) is 7.77. The second-order valence-electron chi connectivity index (χ2n) is 8.95. The number of nitrogens with two attached hydrogens (primary N) is 2. The summed E-state index contributed by atoms with van der Waals surface area (Å²) in [6.45, 7) is 12.2. The number of piperidine rings is 1. The van der Waals surface area contributed by atoms with Gasteiger partial charge in [0, 0.05) is 24.0 Å². The molecule has 1 unspecified atom stereocenters. The van der Waals surface area contributed by atoms with Crippen molar-refractivity contribution in [2.24, 2.45) is 22.4 Å². The van der Waals surface area contributed by atoms with Gasteiger partial charge in [0.25, 0.3) is 0 Å². The zero-order chi connectivity index (χ0) is 23.3. The molecule has 0 spiro atoms. The Bertz CT molecular complexity index is 968. The standard InChI is InChI=1S/C24H35N7O/c1-16(2)24(4,20-8-6-18(7-9-20)19(14-25)15-27-17(3)26)22-29-23(32-30-22)28-21-10-12-31(5)13-11-21/h6-9,14-16,21H,3,10-13,25-26H2,1-2,4-5H3,(H,28,29,30)/b19-14+,27-15?. The molecule has 1 aromatic carbocycles. The molecule has 3 rings (SSSR count). The number of benzene rings is 1. The molecule has 8 nitrogen and oxygen atoms in total. The summed E-state index contributed by atoms with van der Waals surface area (Å²) in [7, 11) is 2.15. The Morgan fingerprint density at radius 3 is 2.53 bits per heavy atom. The first-order valence-corrected chi connectivity index (χ1v) is 11.0. The number of rotatable bonds is 8. The first kappa shape index (κ1) is 23.5. The van der Waals surface area contributed by atoms with Crippen molar-refractivity contribution in [1.82, 2.24) is 15.0 Å². The molecule has 172 valence electrons. The van der Waals surface area contributed by atoms with Crippen LogP contribution in [0.25, 0.3) is 5.57 Å². The predicted octanol–water partition coefficient (Wildman–Crippen LogP) is 3.34. The molecule has 1 aliphatic heterocycles. The number of allylic oxidation sites excluding steroid dienone is 1. The number of aromatic nitrogens is 2. The third kappa shape index (κ3) is 5.19. The predicted molar refractivity (Wildman–Crippen MR) is 130 cm³/mol. The van der Waals surface area contributed by atoms with Crippen molar-refractivity contribution < 1.29 is 4.52 Å². The molecule has 0 saturated carbocycles. The van der Waals surface area contributed by atoms with Crippen LogP contribution >= 0.6 is 0 Å². The molecule has 1 saturated heterocycles. The highest BCUT2D eigenvalue weighted by molar-refractivity contribution is 6.09. The molecule has 32 heavy (non-hydrogen) atoms. The minimum atomic E-state index is -0.416. The van der Waals surface area contributed by atoms with Gasteiger partial charge in [-0.2, -0.15) is 4.98 Å². The lowest BCUT2D eigenvalue weighted by Crippen LogP contribution is -2.36. The first-order chi connectivity index (χ1) is 15.2. The van der Waals surface area contributed by atoms with Crippen molar-refractivity contribution in [1.29, 1.82) is 0 Å². The van der Waals surface area contributed by atoms with Gasteiger partial charge in [-0.05, 0) is 56.9 Å². The first-order valence-electron chi connectivity index (χ1n) is 11.0. The Morgan fingerprint density at radius 2 is 1.97 bits per heavy atom. The number of likely N-dealkylation sites (tertiary alicyclic amines) is 1. The van der Waals surface area contributed by atoms with Crippen LogP contribution in [0.2, 0.25) is 0 Å². The summed E-state index contributed by atoms with van der Waals surface area (Å²) in [5.74, 6) is 1.15. The maximum absolute atomic E-state index is 5.78. The largest absolute Gasteiger partial charge is 0.404 e. The highest BCUT2D eigenvalue weighted by atomic mass is 16.5. The lowest BCUT2D eigenvalue weighted by molar-refractivity contribution is 0.261. The third-order valence-corrected chi connectivity index (χ3v) is 6.46. The second kappa shape index (κ2) is 9.99. The van der Waals surface area contributed by atoms with Crippen LogP contribution in [0.5, 0.6) is 0 Å². The van der Waals surface area contributed by atoms with Crippen LogP contribution < -0.4 is 16.8 Å². The normalized spacial score (nSPS) is 18.2. The molecule has 1 fully saturated rings. The number of hydrogen-bond acceptors (Lipinski definition) is 8. The van der Waals surface area contributed by atoms with E-state index in [0.29, 0.717) is 17.9 Å². The number of nitrogens with one attached hydrogen (secondary N) is 1. The van der Waals surface area contributed by atoms with Gasteiger partial charge < -0.3 is 26.2 Å². The van der Waals surface area contributed by atoms with Crippen molar-refractivity contribution in [2.75, 3.05) is 25.5 Å². The lowest BCUT2D eigenvalue weighted by Gasteiger charge is -2.31. The summed E-state index contributed by atoms with van der Waals surface area (Å²) < 4.78 is 5.60. The molecule has 5 N–H and O–H groups in total. The Morgan fingerprint density at radius 1 is 1.31 bits per heavy atom. The van der Waals surface area contributed by atoms with Gasteiger partial charge in [0.05, 0.1) is 5.41 Å². The minimum absolute atomic E-state index is 0.232. The summed E-state index contributed by atoms with van der Waals surface area (Å²) in [6.07, 6.45) is 5.24. The number of nitrogens with zero attached hydrogens (tertiary/aromatic N) is 4. The fourth-order valence-corrected chi connectivity index (χ4v) is 3.92. The van der Waals surface area contributed by atoms with E-state index in [9.17, 15) is 0 Å². The summed E-state index contributed by atoms with van der Waals surface area (Å²) in [4.78, 5) is 11.1. The van der Waals surface area contributed by atoms with E-state index in [0.717, 1.165) is 42.6 Å². The van der Waals surface area contributed by atoms with E-state index in [-0.39, 0.29) is 11.7 Å². The van der Waals surface area contributed by atoms with Crippen molar-refractivity contribution in [3.63, 3.8) is 0 Å². The van der Waals surface area contributed by atoms with E-state index in [4.69, 9.17) is 21.0 Å². The van der Waals surface area contributed by atoms with Gasteiger partial charge in [0.1, 0.15) is 5.82 Å². The van der Waals surface area contributed by atoms with E-state index in [1.807, 2.05) is 12.1 Å². The van der Waals surface area contributed by atoms with Crippen LogP contribution in [0.4, 0.5) is 6.01 Å². The smallest absolute Gasteiger partial charge is 0.321 e. The van der Waals surface area contributed by atoms with Gasteiger partial charge >= 0.3 is 6.01 Å². The highest BCUT2D eigenvalue weighted by Gasteiger charge is 2.37. The molecule has 0 radical (unpaired) electrons. The van der Waals surface area contributed by atoms with Crippen LogP contribution in [-0.4, -0.2) is 47.4 Å². The van der Waals surface area contributed by atoms with Crippen LogP contribution in [0.3, 0.4) is 0 Å². The molecule has 2 aromatic rings.